The summed E-state index contributed by atoms with van der Waals surface area (Å²) in [6.45, 7) is 6.89. The zero-order valence-corrected chi connectivity index (χ0v) is 16.2. The van der Waals surface area contributed by atoms with Crippen LogP contribution in [0.2, 0.25) is 0 Å². The van der Waals surface area contributed by atoms with Crippen LogP contribution in [0.5, 0.6) is 5.75 Å². The van der Waals surface area contributed by atoms with Crippen molar-refractivity contribution in [3.63, 3.8) is 0 Å². The van der Waals surface area contributed by atoms with Crippen LogP contribution in [0.4, 0.5) is 10.8 Å². The number of rotatable bonds is 7. The summed E-state index contributed by atoms with van der Waals surface area (Å²) in [5, 5.41) is 9.07. The SMILES string of the molecule is COc1ccc(Nc2nc(CN(C)CC(=O)NC(C)(C)C)cs2)cc1. The number of hydrogen-bond acceptors (Lipinski definition) is 6. The third-order valence-electron chi connectivity index (χ3n) is 3.25. The van der Waals surface area contributed by atoms with Crippen molar-refractivity contribution in [2.75, 3.05) is 26.0 Å². The van der Waals surface area contributed by atoms with Gasteiger partial charge in [0.2, 0.25) is 5.91 Å². The third-order valence-corrected chi connectivity index (χ3v) is 4.06. The molecule has 0 radical (unpaired) electrons. The van der Waals surface area contributed by atoms with Gasteiger partial charge in [0.25, 0.3) is 0 Å². The molecule has 0 unspecified atom stereocenters. The van der Waals surface area contributed by atoms with Gasteiger partial charge in [-0.05, 0) is 52.1 Å². The predicted octanol–water partition coefficient (Wildman–Crippen LogP) is 3.24. The average molecular weight is 362 g/mol. The molecule has 136 valence electrons. The second kappa shape index (κ2) is 8.31. The van der Waals surface area contributed by atoms with E-state index >= 15 is 0 Å². The van der Waals surface area contributed by atoms with E-state index < -0.39 is 0 Å². The zero-order chi connectivity index (χ0) is 18.4. The van der Waals surface area contributed by atoms with Crippen LogP contribution in [0.1, 0.15) is 26.5 Å². The van der Waals surface area contributed by atoms with E-state index in [0.717, 1.165) is 22.3 Å². The first-order chi connectivity index (χ1) is 11.7. The lowest BCUT2D eigenvalue weighted by atomic mass is 10.1. The van der Waals surface area contributed by atoms with Gasteiger partial charge in [0.15, 0.2) is 5.13 Å². The Balaban J connectivity index is 1.86. The van der Waals surface area contributed by atoms with E-state index in [1.165, 1.54) is 0 Å². The summed E-state index contributed by atoms with van der Waals surface area (Å²) in [4.78, 5) is 18.5. The lowest BCUT2D eigenvalue weighted by molar-refractivity contribution is -0.123. The Hall–Kier alpha value is -2.12. The summed E-state index contributed by atoms with van der Waals surface area (Å²) in [5.41, 5.74) is 1.68. The van der Waals surface area contributed by atoms with Gasteiger partial charge in [-0.25, -0.2) is 4.98 Å². The number of methoxy groups -OCH3 is 1. The fraction of sp³-hybridized carbons (Fsp3) is 0.444. The quantitative estimate of drug-likeness (QED) is 0.791. The molecule has 0 fully saturated rings. The van der Waals surface area contributed by atoms with Gasteiger partial charge in [-0.3, -0.25) is 9.69 Å². The highest BCUT2D eigenvalue weighted by molar-refractivity contribution is 7.13. The number of carbonyl (C=O) groups excluding carboxylic acids is 1. The average Bonchev–Trinajstić information content (AvgIpc) is 2.92. The van der Waals surface area contributed by atoms with E-state index in [9.17, 15) is 4.79 Å². The molecule has 2 aromatic rings. The van der Waals surface area contributed by atoms with Gasteiger partial charge in [0, 0.05) is 23.2 Å². The molecule has 25 heavy (non-hydrogen) atoms. The molecule has 1 aromatic heterocycles. The first kappa shape index (κ1) is 19.2. The number of likely N-dealkylation sites (N-methyl/N-ethyl adjacent to an activating group) is 1. The normalized spacial score (nSPS) is 11.4. The largest absolute Gasteiger partial charge is 0.497 e. The molecule has 2 N–H and O–H groups in total. The number of ether oxygens (including phenoxy) is 1. The zero-order valence-electron chi connectivity index (χ0n) is 15.4. The molecular weight excluding hydrogens is 336 g/mol. The van der Waals surface area contributed by atoms with Crippen LogP contribution in [0.3, 0.4) is 0 Å². The summed E-state index contributed by atoms with van der Waals surface area (Å²) in [7, 11) is 3.56. The van der Waals surface area contributed by atoms with Crippen LogP contribution in [-0.2, 0) is 11.3 Å². The highest BCUT2D eigenvalue weighted by atomic mass is 32.1. The number of carbonyl (C=O) groups is 1. The second-order valence-electron chi connectivity index (χ2n) is 6.97. The van der Waals surface area contributed by atoms with Crippen molar-refractivity contribution in [3.05, 3.63) is 35.3 Å². The topological polar surface area (TPSA) is 66.5 Å². The second-order valence-corrected chi connectivity index (χ2v) is 7.83. The van der Waals surface area contributed by atoms with Gasteiger partial charge in [-0.15, -0.1) is 11.3 Å². The van der Waals surface area contributed by atoms with E-state index in [1.807, 2.05) is 62.4 Å². The Kier molecular flexibility index (Phi) is 6.39. The van der Waals surface area contributed by atoms with Gasteiger partial charge in [-0.2, -0.15) is 0 Å². The highest BCUT2D eigenvalue weighted by Crippen LogP contribution is 2.23. The fourth-order valence-electron chi connectivity index (χ4n) is 2.27. The van der Waals surface area contributed by atoms with Gasteiger partial charge in [0.05, 0.1) is 19.3 Å². The molecular formula is C18H26N4O2S. The Bertz CT molecular complexity index is 692. The molecule has 0 spiro atoms. The Morgan fingerprint density at radius 1 is 1.28 bits per heavy atom. The molecule has 0 saturated heterocycles. The highest BCUT2D eigenvalue weighted by Gasteiger charge is 2.15. The van der Waals surface area contributed by atoms with Gasteiger partial charge < -0.3 is 15.4 Å². The monoisotopic (exact) mass is 362 g/mol. The van der Waals surface area contributed by atoms with E-state index in [1.54, 1.807) is 18.4 Å². The Morgan fingerprint density at radius 2 is 1.96 bits per heavy atom. The van der Waals surface area contributed by atoms with Crippen molar-refractivity contribution >= 4 is 28.1 Å². The van der Waals surface area contributed by atoms with E-state index in [2.05, 4.69) is 15.6 Å². The maximum Gasteiger partial charge on any atom is 0.234 e. The van der Waals surface area contributed by atoms with Crippen molar-refractivity contribution in [2.24, 2.45) is 0 Å². The standard InChI is InChI=1S/C18H26N4O2S/c1-18(2,3)21-16(23)11-22(4)10-14-12-25-17(20-14)19-13-6-8-15(24-5)9-7-13/h6-9,12H,10-11H2,1-5H3,(H,19,20)(H,21,23). The fourth-order valence-corrected chi connectivity index (χ4v) is 2.99. The van der Waals surface area contributed by atoms with Crippen molar-refractivity contribution in [1.29, 1.82) is 0 Å². The smallest absolute Gasteiger partial charge is 0.234 e. The molecule has 0 saturated carbocycles. The van der Waals surface area contributed by atoms with E-state index in [4.69, 9.17) is 4.74 Å². The summed E-state index contributed by atoms with van der Waals surface area (Å²) in [6, 6.07) is 7.70. The number of thiazole rings is 1. The van der Waals surface area contributed by atoms with Gasteiger partial charge in [0.1, 0.15) is 5.75 Å². The number of anilines is 2. The number of benzene rings is 1. The molecule has 0 bridgehead atoms. The van der Waals surface area contributed by atoms with Crippen LogP contribution in [0.25, 0.3) is 0 Å². The van der Waals surface area contributed by atoms with E-state index in [-0.39, 0.29) is 11.4 Å². The summed E-state index contributed by atoms with van der Waals surface area (Å²) in [5.74, 6) is 0.836. The van der Waals surface area contributed by atoms with Crippen molar-refractivity contribution in [2.45, 2.75) is 32.9 Å². The molecule has 0 aliphatic carbocycles. The minimum atomic E-state index is -0.214. The molecule has 0 aliphatic rings. The van der Waals surface area contributed by atoms with E-state index in [0.29, 0.717) is 13.1 Å². The summed E-state index contributed by atoms with van der Waals surface area (Å²) >= 11 is 1.54. The van der Waals surface area contributed by atoms with Gasteiger partial charge >= 0.3 is 0 Å². The maximum absolute atomic E-state index is 12.0. The molecule has 2 rings (SSSR count). The molecule has 6 nitrogen and oxygen atoms in total. The van der Waals surface area contributed by atoms with Crippen LogP contribution in [-0.4, -0.2) is 42.0 Å². The van der Waals surface area contributed by atoms with Crippen molar-refractivity contribution < 1.29 is 9.53 Å². The number of amides is 1. The van der Waals surface area contributed by atoms with Crippen molar-refractivity contribution in [3.8, 4) is 5.75 Å². The van der Waals surface area contributed by atoms with Gasteiger partial charge in [-0.1, -0.05) is 0 Å². The van der Waals surface area contributed by atoms with Crippen LogP contribution >= 0.6 is 11.3 Å². The first-order valence-electron chi connectivity index (χ1n) is 8.10. The number of hydrogen-bond donors (Lipinski definition) is 2. The predicted molar refractivity (Wildman–Crippen MR) is 103 cm³/mol. The molecule has 1 heterocycles. The Morgan fingerprint density at radius 3 is 2.56 bits per heavy atom. The summed E-state index contributed by atoms with van der Waals surface area (Å²) < 4.78 is 5.15. The lowest BCUT2D eigenvalue weighted by Crippen LogP contribution is -2.45. The number of nitrogens with one attached hydrogen (secondary N) is 2. The van der Waals surface area contributed by atoms with Crippen molar-refractivity contribution in [1.82, 2.24) is 15.2 Å². The molecule has 0 aliphatic heterocycles. The molecule has 1 amide bonds. The first-order valence-corrected chi connectivity index (χ1v) is 8.98. The molecule has 7 heteroatoms. The van der Waals surface area contributed by atoms with Crippen LogP contribution in [0.15, 0.2) is 29.6 Å². The number of nitrogens with zero attached hydrogens (tertiary/aromatic N) is 2. The minimum absolute atomic E-state index is 0.0156. The minimum Gasteiger partial charge on any atom is -0.497 e. The Labute approximate surface area is 153 Å². The summed E-state index contributed by atoms with van der Waals surface area (Å²) in [6.07, 6.45) is 0. The molecule has 1 aromatic carbocycles. The lowest BCUT2D eigenvalue weighted by Gasteiger charge is -2.23. The van der Waals surface area contributed by atoms with Crippen LogP contribution in [0, 0.1) is 0 Å². The maximum atomic E-state index is 12.0. The third kappa shape index (κ3) is 6.72. The van der Waals surface area contributed by atoms with Crippen LogP contribution < -0.4 is 15.4 Å². The number of aromatic nitrogens is 1. The molecule has 0 atom stereocenters.